The van der Waals surface area contributed by atoms with Gasteiger partial charge in [0.1, 0.15) is 17.0 Å². The zero-order chi connectivity index (χ0) is 20.5. The lowest BCUT2D eigenvalue weighted by Gasteiger charge is -2.08. The summed E-state index contributed by atoms with van der Waals surface area (Å²) in [5.74, 6) is 0.721. The van der Waals surface area contributed by atoms with E-state index in [0.717, 1.165) is 16.6 Å². The van der Waals surface area contributed by atoms with Crippen LogP contribution in [0.4, 0.5) is 5.69 Å². The molecule has 4 rings (SSSR count). The van der Waals surface area contributed by atoms with Gasteiger partial charge in [0.25, 0.3) is 5.91 Å². The number of hydrogen-bond donors (Lipinski definition) is 2. The van der Waals surface area contributed by atoms with Crippen LogP contribution in [0.2, 0.25) is 0 Å². The van der Waals surface area contributed by atoms with Crippen molar-refractivity contribution < 1.29 is 19.1 Å². The molecule has 1 aromatic heterocycles. The molecule has 0 atom stereocenters. The van der Waals surface area contributed by atoms with Crippen LogP contribution >= 0.6 is 0 Å². The average molecular weight is 388 g/mol. The van der Waals surface area contributed by atoms with Crippen molar-refractivity contribution in [3.63, 3.8) is 0 Å². The maximum Gasteiger partial charge on any atom is 0.255 e. The van der Waals surface area contributed by atoms with E-state index in [2.05, 4.69) is 10.3 Å². The Balaban J connectivity index is 1.64. The number of phenols is 1. The Kier molecular flexibility index (Phi) is 4.68. The van der Waals surface area contributed by atoms with Crippen molar-refractivity contribution in [1.82, 2.24) is 4.98 Å². The number of carbonyl (C=O) groups excluding carboxylic acids is 1. The van der Waals surface area contributed by atoms with Gasteiger partial charge in [-0.25, -0.2) is 4.98 Å². The van der Waals surface area contributed by atoms with Gasteiger partial charge in [-0.05, 0) is 79.6 Å². The summed E-state index contributed by atoms with van der Waals surface area (Å²) < 4.78 is 11.0. The second kappa shape index (κ2) is 7.31. The van der Waals surface area contributed by atoms with Crippen LogP contribution in [0.3, 0.4) is 0 Å². The van der Waals surface area contributed by atoms with E-state index < -0.39 is 0 Å². The number of oxazole rings is 1. The topological polar surface area (TPSA) is 84.6 Å². The number of nitrogens with one attached hydrogen (secondary N) is 1. The molecule has 6 heteroatoms. The van der Waals surface area contributed by atoms with Gasteiger partial charge in [-0.2, -0.15) is 0 Å². The molecule has 4 aromatic rings. The molecule has 0 radical (unpaired) electrons. The fourth-order valence-corrected chi connectivity index (χ4v) is 3.03. The number of nitrogens with zero attached hydrogens (tertiary/aromatic N) is 1. The van der Waals surface area contributed by atoms with Crippen LogP contribution < -0.4 is 10.1 Å². The van der Waals surface area contributed by atoms with Gasteiger partial charge in [-0.1, -0.05) is 0 Å². The molecular formula is C23H20N2O4. The van der Waals surface area contributed by atoms with Crippen molar-refractivity contribution in [3.8, 4) is 23.0 Å². The Morgan fingerprint density at radius 2 is 1.76 bits per heavy atom. The summed E-state index contributed by atoms with van der Waals surface area (Å²) in [6.45, 7) is 4.01. The number of aromatic nitrogens is 1. The molecule has 2 N–H and O–H groups in total. The SMILES string of the molecule is COc1ccc(C(=O)Nc2ccc(O)c(-c3nc4cc(C)c(C)cc4o3)c2)cc1. The van der Waals surface area contributed by atoms with Gasteiger partial charge in [-0.15, -0.1) is 0 Å². The molecule has 29 heavy (non-hydrogen) atoms. The smallest absolute Gasteiger partial charge is 0.255 e. The lowest BCUT2D eigenvalue weighted by atomic mass is 10.1. The number of aryl methyl sites for hydroxylation is 2. The van der Waals surface area contributed by atoms with Crippen molar-refractivity contribution in [2.24, 2.45) is 0 Å². The van der Waals surface area contributed by atoms with E-state index >= 15 is 0 Å². The van der Waals surface area contributed by atoms with E-state index in [1.165, 1.54) is 6.07 Å². The number of phenolic OH excluding ortho intramolecular Hbond substituents is 1. The summed E-state index contributed by atoms with van der Waals surface area (Å²) in [6.07, 6.45) is 0. The normalized spacial score (nSPS) is 10.9. The van der Waals surface area contributed by atoms with E-state index in [1.54, 1.807) is 43.5 Å². The highest BCUT2D eigenvalue weighted by Crippen LogP contribution is 2.34. The van der Waals surface area contributed by atoms with Crippen molar-refractivity contribution in [2.75, 3.05) is 12.4 Å². The van der Waals surface area contributed by atoms with Crippen molar-refractivity contribution in [3.05, 3.63) is 71.3 Å². The third-order valence-electron chi connectivity index (χ3n) is 4.84. The number of hydrogen-bond acceptors (Lipinski definition) is 5. The molecule has 0 spiro atoms. The molecule has 146 valence electrons. The number of carbonyl (C=O) groups is 1. The summed E-state index contributed by atoms with van der Waals surface area (Å²) in [6, 6.07) is 15.4. The number of ether oxygens (including phenoxy) is 1. The highest BCUT2D eigenvalue weighted by atomic mass is 16.5. The number of fused-ring (bicyclic) bond motifs is 1. The van der Waals surface area contributed by atoms with Gasteiger partial charge >= 0.3 is 0 Å². The predicted octanol–water partition coefficient (Wildman–Crippen LogP) is 5.08. The molecule has 0 saturated carbocycles. The Labute approximate surface area is 167 Å². The monoisotopic (exact) mass is 388 g/mol. The molecule has 1 amide bonds. The summed E-state index contributed by atoms with van der Waals surface area (Å²) in [4.78, 5) is 17.0. The first-order chi connectivity index (χ1) is 13.9. The second-order valence-electron chi connectivity index (χ2n) is 6.84. The fourth-order valence-electron chi connectivity index (χ4n) is 3.03. The lowest BCUT2D eigenvalue weighted by molar-refractivity contribution is 0.102. The van der Waals surface area contributed by atoms with Crippen molar-refractivity contribution in [2.45, 2.75) is 13.8 Å². The Bertz CT molecular complexity index is 1170. The molecular weight excluding hydrogens is 368 g/mol. The van der Waals surface area contributed by atoms with Gasteiger partial charge in [-0.3, -0.25) is 4.79 Å². The van der Waals surface area contributed by atoms with Gasteiger partial charge in [0, 0.05) is 11.3 Å². The molecule has 0 aliphatic rings. The van der Waals surface area contributed by atoms with Crippen LogP contribution in [0, 0.1) is 13.8 Å². The highest BCUT2D eigenvalue weighted by molar-refractivity contribution is 6.04. The fraction of sp³-hybridized carbons (Fsp3) is 0.130. The van der Waals surface area contributed by atoms with Gasteiger partial charge in [0.2, 0.25) is 5.89 Å². The number of rotatable bonds is 4. The molecule has 0 aliphatic heterocycles. The average Bonchev–Trinajstić information content (AvgIpc) is 3.12. The Hall–Kier alpha value is -3.80. The van der Waals surface area contributed by atoms with Crippen LogP contribution in [0.5, 0.6) is 11.5 Å². The van der Waals surface area contributed by atoms with E-state index in [4.69, 9.17) is 9.15 Å². The first-order valence-electron chi connectivity index (χ1n) is 9.11. The second-order valence-corrected chi connectivity index (χ2v) is 6.84. The van der Waals surface area contributed by atoms with Crippen LogP contribution in [-0.4, -0.2) is 23.1 Å². The first kappa shape index (κ1) is 18.6. The zero-order valence-corrected chi connectivity index (χ0v) is 16.3. The maximum absolute atomic E-state index is 12.5. The Morgan fingerprint density at radius 3 is 2.48 bits per heavy atom. The van der Waals surface area contributed by atoms with Crippen LogP contribution in [0.15, 0.2) is 59.0 Å². The minimum atomic E-state index is -0.270. The minimum absolute atomic E-state index is 0.0208. The maximum atomic E-state index is 12.5. The summed E-state index contributed by atoms with van der Waals surface area (Å²) in [5, 5.41) is 13.1. The van der Waals surface area contributed by atoms with Crippen LogP contribution in [0.25, 0.3) is 22.6 Å². The molecule has 0 saturated heterocycles. The minimum Gasteiger partial charge on any atom is -0.507 e. The van der Waals surface area contributed by atoms with Gasteiger partial charge in [0.05, 0.1) is 12.7 Å². The zero-order valence-electron chi connectivity index (χ0n) is 16.3. The predicted molar refractivity (Wildman–Crippen MR) is 112 cm³/mol. The third-order valence-corrected chi connectivity index (χ3v) is 4.84. The van der Waals surface area contributed by atoms with Crippen molar-refractivity contribution in [1.29, 1.82) is 0 Å². The van der Waals surface area contributed by atoms with Crippen LogP contribution in [0.1, 0.15) is 21.5 Å². The largest absolute Gasteiger partial charge is 0.507 e. The number of aromatic hydroxyl groups is 1. The molecule has 0 fully saturated rings. The first-order valence-corrected chi connectivity index (χ1v) is 9.11. The number of amides is 1. The molecule has 0 unspecified atom stereocenters. The molecule has 3 aromatic carbocycles. The summed E-state index contributed by atoms with van der Waals surface area (Å²) >= 11 is 0. The Morgan fingerprint density at radius 1 is 1.03 bits per heavy atom. The van der Waals surface area contributed by atoms with E-state index in [0.29, 0.717) is 34.0 Å². The molecule has 0 aliphatic carbocycles. The van der Waals surface area contributed by atoms with E-state index in [-0.39, 0.29) is 11.7 Å². The molecule has 1 heterocycles. The van der Waals surface area contributed by atoms with Gasteiger partial charge in [0.15, 0.2) is 5.58 Å². The number of anilines is 1. The quantitative estimate of drug-likeness (QED) is 0.476. The lowest BCUT2D eigenvalue weighted by Crippen LogP contribution is -2.11. The van der Waals surface area contributed by atoms with Crippen molar-refractivity contribution >= 4 is 22.7 Å². The summed E-state index contributed by atoms with van der Waals surface area (Å²) in [5.41, 5.74) is 5.00. The number of benzene rings is 3. The van der Waals surface area contributed by atoms with E-state index in [1.807, 2.05) is 26.0 Å². The summed E-state index contributed by atoms with van der Waals surface area (Å²) in [7, 11) is 1.57. The molecule has 6 nitrogen and oxygen atoms in total. The van der Waals surface area contributed by atoms with Gasteiger partial charge < -0.3 is 19.6 Å². The highest BCUT2D eigenvalue weighted by Gasteiger charge is 2.15. The molecule has 0 bridgehead atoms. The van der Waals surface area contributed by atoms with E-state index in [9.17, 15) is 9.90 Å². The van der Waals surface area contributed by atoms with Crippen LogP contribution in [-0.2, 0) is 0 Å². The number of methoxy groups -OCH3 is 1. The standard InChI is InChI=1S/C23H20N2O4/c1-13-10-19-21(11-14(13)2)29-23(25-19)18-12-16(6-9-20(18)26)24-22(27)15-4-7-17(28-3)8-5-15/h4-12,26H,1-3H3,(H,24,27). The third kappa shape index (κ3) is 3.65.